The predicted molar refractivity (Wildman–Crippen MR) is 72.2 cm³/mol. The number of fused-ring (bicyclic) bond motifs is 1. The molecule has 0 spiro atoms. The zero-order valence-electron chi connectivity index (χ0n) is 9.73. The molecule has 17 heavy (non-hydrogen) atoms. The minimum absolute atomic E-state index is 0.0349. The maximum Gasteiger partial charge on any atom is 0.112 e. The molecule has 0 saturated carbocycles. The molecule has 0 aliphatic carbocycles. The van der Waals surface area contributed by atoms with E-state index in [1.165, 1.54) is 17.5 Å². The lowest BCUT2D eigenvalue weighted by atomic mass is 9.99. The van der Waals surface area contributed by atoms with Gasteiger partial charge in [0.15, 0.2) is 0 Å². The number of nitrogens with two attached hydrogens (primary N) is 1. The molecule has 3 N–H and O–H groups in total. The number of hydrogen-bond donors (Lipinski definition) is 2. The summed E-state index contributed by atoms with van der Waals surface area (Å²) in [5, 5.41) is 4.56. The van der Waals surface area contributed by atoms with Crippen molar-refractivity contribution in [2.45, 2.75) is 31.3 Å². The van der Waals surface area contributed by atoms with E-state index >= 15 is 0 Å². The highest BCUT2D eigenvalue weighted by molar-refractivity contribution is 7.18. The quantitative estimate of drug-likeness (QED) is 0.857. The smallest absolute Gasteiger partial charge is 0.112 e. The van der Waals surface area contributed by atoms with Gasteiger partial charge in [-0.3, -0.25) is 0 Å². The van der Waals surface area contributed by atoms with Crippen LogP contribution in [-0.4, -0.2) is 17.6 Å². The summed E-state index contributed by atoms with van der Waals surface area (Å²) in [4.78, 5) is 4.64. The second-order valence-electron chi connectivity index (χ2n) is 4.60. The molecule has 2 heterocycles. The van der Waals surface area contributed by atoms with E-state index < -0.39 is 0 Å². The lowest BCUT2D eigenvalue weighted by Crippen LogP contribution is -2.42. The average molecular weight is 247 g/mol. The monoisotopic (exact) mass is 247 g/mol. The van der Waals surface area contributed by atoms with Gasteiger partial charge in [-0.2, -0.15) is 0 Å². The van der Waals surface area contributed by atoms with Gasteiger partial charge in [0.25, 0.3) is 0 Å². The molecule has 1 saturated heterocycles. The van der Waals surface area contributed by atoms with Crippen LogP contribution in [0.2, 0.25) is 0 Å². The SMILES string of the molecule is NC(c1nc2ccccc2s1)C1CCCCN1. The van der Waals surface area contributed by atoms with Gasteiger partial charge in [-0.05, 0) is 31.5 Å². The van der Waals surface area contributed by atoms with E-state index in [2.05, 4.69) is 28.5 Å². The van der Waals surface area contributed by atoms with Crippen molar-refractivity contribution in [3.8, 4) is 0 Å². The number of nitrogens with zero attached hydrogens (tertiary/aromatic N) is 1. The van der Waals surface area contributed by atoms with Crippen LogP contribution in [0, 0.1) is 0 Å². The standard InChI is InChI=1S/C13H17N3S/c14-12(10-6-3-4-8-15-10)13-16-9-5-1-2-7-11(9)17-13/h1-2,5,7,10,12,15H,3-4,6,8,14H2. The highest BCUT2D eigenvalue weighted by Gasteiger charge is 2.23. The molecule has 0 bridgehead atoms. The van der Waals surface area contributed by atoms with Crippen molar-refractivity contribution < 1.29 is 0 Å². The highest BCUT2D eigenvalue weighted by atomic mass is 32.1. The van der Waals surface area contributed by atoms with Crippen molar-refractivity contribution in [2.24, 2.45) is 5.73 Å². The topological polar surface area (TPSA) is 50.9 Å². The molecule has 3 rings (SSSR count). The van der Waals surface area contributed by atoms with E-state index in [-0.39, 0.29) is 6.04 Å². The van der Waals surface area contributed by atoms with Crippen LogP contribution in [0.1, 0.15) is 30.3 Å². The molecule has 3 nitrogen and oxygen atoms in total. The Balaban J connectivity index is 1.86. The second kappa shape index (κ2) is 4.72. The van der Waals surface area contributed by atoms with Crippen molar-refractivity contribution in [1.82, 2.24) is 10.3 Å². The largest absolute Gasteiger partial charge is 0.321 e. The maximum absolute atomic E-state index is 6.32. The van der Waals surface area contributed by atoms with Gasteiger partial charge < -0.3 is 11.1 Å². The number of benzene rings is 1. The third kappa shape index (κ3) is 2.20. The van der Waals surface area contributed by atoms with Gasteiger partial charge in [-0.25, -0.2) is 4.98 Å². The van der Waals surface area contributed by atoms with Crippen molar-refractivity contribution in [2.75, 3.05) is 6.54 Å². The van der Waals surface area contributed by atoms with Crippen molar-refractivity contribution in [1.29, 1.82) is 0 Å². The Morgan fingerprint density at radius 1 is 1.35 bits per heavy atom. The van der Waals surface area contributed by atoms with Gasteiger partial charge in [0.2, 0.25) is 0 Å². The van der Waals surface area contributed by atoms with Crippen LogP contribution in [0.3, 0.4) is 0 Å². The molecule has 1 aromatic heterocycles. The van der Waals surface area contributed by atoms with Gasteiger partial charge in [0.1, 0.15) is 5.01 Å². The van der Waals surface area contributed by atoms with Crippen LogP contribution in [0.4, 0.5) is 0 Å². The molecule has 1 aromatic carbocycles. The van der Waals surface area contributed by atoms with E-state index in [9.17, 15) is 0 Å². The van der Waals surface area contributed by atoms with Gasteiger partial charge in [-0.1, -0.05) is 18.6 Å². The molecule has 90 valence electrons. The Labute approximate surface area is 105 Å². The molecule has 1 aliphatic heterocycles. The van der Waals surface area contributed by atoms with E-state index in [1.807, 2.05) is 6.07 Å². The van der Waals surface area contributed by atoms with Crippen molar-refractivity contribution >= 4 is 21.6 Å². The van der Waals surface area contributed by atoms with Crippen LogP contribution in [0.25, 0.3) is 10.2 Å². The number of piperidine rings is 1. The van der Waals surface area contributed by atoms with Crippen LogP contribution < -0.4 is 11.1 Å². The Bertz CT molecular complexity index is 469. The second-order valence-corrected chi connectivity index (χ2v) is 5.66. The fraction of sp³-hybridized carbons (Fsp3) is 0.462. The molecule has 0 radical (unpaired) electrons. The molecule has 2 atom stereocenters. The Morgan fingerprint density at radius 2 is 2.24 bits per heavy atom. The molecule has 2 unspecified atom stereocenters. The van der Waals surface area contributed by atoms with Crippen molar-refractivity contribution in [3.05, 3.63) is 29.3 Å². The summed E-state index contributed by atoms with van der Waals surface area (Å²) in [6.07, 6.45) is 3.70. The van der Waals surface area contributed by atoms with Crippen LogP contribution in [-0.2, 0) is 0 Å². The van der Waals surface area contributed by atoms with Gasteiger partial charge >= 0.3 is 0 Å². The summed E-state index contributed by atoms with van der Waals surface area (Å²) in [6.45, 7) is 1.09. The zero-order valence-corrected chi connectivity index (χ0v) is 10.5. The third-order valence-electron chi connectivity index (χ3n) is 3.38. The first-order chi connectivity index (χ1) is 8.34. The van der Waals surface area contributed by atoms with Gasteiger partial charge in [0, 0.05) is 6.04 Å². The molecular formula is C13H17N3S. The highest BCUT2D eigenvalue weighted by Crippen LogP contribution is 2.28. The lowest BCUT2D eigenvalue weighted by Gasteiger charge is -2.27. The van der Waals surface area contributed by atoms with E-state index in [1.54, 1.807) is 11.3 Å². The summed E-state index contributed by atoms with van der Waals surface area (Å²) >= 11 is 1.72. The van der Waals surface area contributed by atoms with Gasteiger partial charge in [0.05, 0.1) is 16.3 Å². The average Bonchev–Trinajstić information content (AvgIpc) is 2.82. The first kappa shape index (κ1) is 11.1. The number of para-hydroxylation sites is 1. The first-order valence-electron chi connectivity index (χ1n) is 6.19. The Hall–Kier alpha value is -0.970. The third-order valence-corrected chi connectivity index (χ3v) is 4.52. The number of rotatable bonds is 2. The van der Waals surface area contributed by atoms with Crippen LogP contribution in [0.5, 0.6) is 0 Å². The predicted octanol–water partition coefficient (Wildman–Crippen LogP) is 2.44. The number of nitrogens with one attached hydrogen (secondary N) is 1. The molecule has 0 amide bonds. The van der Waals surface area contributed by atoms with E-state index in [4.69, 9.17) is 5.73 Å². The summed E-state index contributed by atoms with van der Waals surface area (Å²) in [5.74, 6) is 0. The van der Waals surface area contributed by atoms with Crippen LogP contribution in [0.15, 0.2) is 24.3 Å². The lowest BCUT2D eigenvalue weighted by molar-refractivity contribution is 0.353. The summed E-state index contributed by atoms with van der Waals surface area (Å²) in [5.41, 5.74) is 7.39. The fourth-order valence-electron chi connectivity index (χ4n) is 2.39. The zero-order chi connectivity index (χ0) is 11.7. The first-order valence-corrected chi connectivity index (χ1v) is 7.01. The van der Waals surface area contributed by atoms with Gasteiger partial charge in [-0.15, -0.1) is 11.3 Å². The fourth-order valence-corrected chi connectivity index (χ4v) is 3.42. The number of thiazole rings is 1. The van der Waals surface area contributed by atoms with E-state index in [0.717, 1.165) is 23.5 Å². The summed E-state index contributed by atoms with van der Waals surface area (Å²) in [7, 11) is 0. The van der Waals surface area contributed by atoms with Crippen LogP contribution >= 0.6 is 11.3 Å². The van der Waals surface area contributed by atoms with Crippen molar-refractivity contribution in [3.63, 3.8) is 0 Å². The normalized spacial score (nSPS) is 22.8. The summed E-state index contributed by atoms with van der Waals surface area (Å²) in [6, 6.07) is 8.66. The number of hydrogen-bond acceptors (Lipinski definition) is 4. The summed E-state index contributed by atoms with van der Waals surface area (Å²) < 4.78 is 1.23. The molecule has 1 aliphatic rings. The Kier molecular flexibility index (Phi) is 3.09. The molecule has 4 heteroatoms. The molecular weight excluding hydrogens is 230 g/mol. The number of aromatic nitrogens is 1. The Morgan fingerprint density at radius 3 is 3.00 bits per heavy atom. The minimum Gasteiger partial charge on any atom is -0.321 e. The van der Waals surface area contributed by atoms with E-state index in [0.29, 0.717) is 6.04 Å². The minimum atomic E-state index is 0.0349. The maximum atomic E-state index is 6.32. The molecule has 2 aromatic rings. The molecule has 1 fully saturated rings.